The minimum absolute atomic E-state index is 0.0312. The molecule has 0 radical (unpaired) electrons. The lowest BCUT2D eigenvalue weighted by molar-refractivity contribution is -0.185. The minimum Gasteiger partial charge on any atom is -0.542 e. The largest absolute Gasteiger partial charge is 0.542 e. The van der Waals surface area contributed by atoms with E-state index in [2.05, 4.69) is 32.6 Å². The highest BCUT2D eigenvalue weighted by Crippen LogP contribution is 2.68. The maximum absolute atomic E-state index is 17.1. The minimum atomic E-state index is -2.04. The summed E-state index contributed by atoms with van der Waals surface area (Å²) < 4.78 is 28.7. The molecule has 2 saturated carbocycles. The van der Waals surface area contributed by atoms with Crippen molar-refractivity contribution < 1.29 is 28.2 Å². The van der Waals surface area contributed by atoms with E-state index in [0.717, 1.165) is 11.1 Å². The normalized spacial score (nSPS) is 40.3. The monoisotopic (exact) mass is 474 g/mol. The Morgan fingerprint density at radius 1 is 1.27 bits per heavy atom. The number of halogens is 1. The lowest BCUT2D eigenvalue weighted by atomic mass is 9.45. The van der Waals surface area contributed by atoms with Crippen LogP contribution in [0.4, 0.5) is 4.39 Å². The van der Waals surface area contributed by atoms with Crippen LogP contribution in [0.25, 0.3) is 0 Å². The molecule has 0 saturated heterocycles. The molecule has 0 aliphatic heterocycles. The number of carbonyl (C=O) groups is 2. The van der Waals surface area contributed by atoms with Crippen molar-refractivity contribution in [2.45, 2.75) is 77.9 Å². The summed E-state index contributed by atoms with van der Waals surface area (Å²) in [5, 5.41) is 11.4. The molecular formula is C26H35FO5Si. The Kier molecular flexibility index (Phi) is 5.68. The summed E-state index contributed by atoms with van der Waals surface area (Å²) >= 11 is 0. The predicted octanol–water partition coefficient (Wildman–Crippen LogP) is 5.15. The number of fused-ring (bicyclic) bond motifs is 5. The Morgan fingerprint density at radius 3 is 2.61 bits per heavy atom. The van der Waals surface area contributed by atoms with Crippen molar-refractivity contribution in [2.24, 2.45) is 22.7 Å². The van der Waals surface area contributed by atoms with Crippen LogP contribution in [0, 0.1) is 22.7 Å². The number of hydrogen-bond acceptors (Lipinski definition) is 5. The van der Waals surface area contributed by atoms with E-state index in [1.54, 1.807) is 12.2 Å². The van der Waals surface area contributed by atoms with Gasteiger partial charge < -0.3 is 14.3 Å². The van der Waals surface area contributed by atoms with Gasteiger partial charge in [-0.2, -0.15) is 0 Å². The van der Waals surface area contributed by atoms with E-state index in [1.807, 2.05) is 6.92 Å². The third kappa shape index (κ3) is 3.68. The summed E-state index contributed by atoms with van der Waals surface area (Å²) in [7, 11) is -2.04. The lowest BCUT2D eigenvalue weighted by Crippen LogP contribution is -2.66. The van der Waals surface area contributed by atoms with Crippen LogP contribution in [0.3, 0.4) is 0 Å². The van der Waals surface area contributed by atoms with Gasteiger partial charge in [0, 0.05) is 23.7 Å². The van der Waals surface area contributed by atoms with Gasteiger partial charge in [-0.1, -0.05) is 24.6 Å². The van der Waals surface area contributed by atoms with Crippen LogP contribution < -0.4 is 0 Å². The van der Waals surface area contributed by atoms with E-state index in [4.69, 9.17) is 9.16 Å². The second-order valence-electron chi connectivity index (χ2n) is 11.4. The first-order chi connectivity index (χ1) is 15.2. The fourth-order valence-electron chi connectivity index (χ4n) is 6.77. The van der Waals surface area contributed by atoms with Crippen LogP contribution in [-0.4, -0.2) is 36.9 Å². The molecule has 2 fully saturated rings. The Morgan fingerprint density at radius 2 is 1.97 bits per heavy atom. The maximum atomic E-state index is 17.1. The molecule has 180 valence electrons. The number of allylic oxidation sites excluding steroid dienone is 6. The van der Waals surface area contributed by atoms with Gasteiger partial charge in [-0.15, -0.1) is 0 Å². The Labute approximate surface area is 196 Å². The number of rotatable bonds is 4. The molecule has 5 nitrogen and oxygen atoms in total. The number of ether oxygens (including phenoxy) is 1. The van der Waals surface area contributed by atoms with E-state index in [9.17, 15) is 14.7 Å². The van der Waals surface area contributed by atoms with E-state index in [-0.39, 0.29) is 24.0 Å². The van der Waals surface area contributed by atoms with Crippen molar-refractivity contribution in [1.82, 2.24) is 0 Å². The number of carbonyl (C=O) groups excluding carboxylic acids is 2. The Balaban J connectivity index is 1.73. The van der Waals surface area contributed by atoms with E-state index in [0.29, 0.717) is 25.0 Å². The number of ketones is 1. The third-order valence-corrected chi connectivity index (χ3v) is 9.07. The van der Waals surface area contributed by atoms with Crippen molar-refractivity contribution in [3.63, 3.8) is 0 Å². The second kappa shape index (κ2) is 7.77. The highest BCUT2D eigenvalue weighted by molar-refractivity contribution is 6.70. The fourth-order valence-corrected chi connectivity index (χ4v) is 7.59. The van der Waals surface area contributed by atoms with Gasteiger partial charge in [-0.05, 0) is 75.9 Å². The molecule has 0 unspecified atom stereocenters. The lowest BCUT2D eigenvalue weighted by Gasteiger charge is -2.61. The van der Waals surface area contributed by atoms with Gasteiger partial charge in [0.2, 0.25) is 8.32 Å². The zero-order valence-corrected chi connectivity index (χ0v) is 21.4. The summed E-state index contributed by atoms with van der Waals surface area (Å²) in [4.78, 5) is 23.5. The summed E-state index contributed by atoms with van der Waals surface area (Å²) in [6.45, 7) is 11.4. The Bertz CT molecular complexity index is 1000. The van der Waals surface area contributed by atoms with Crippen LogP contribution >= 0.6 is 0 Å². The number of alkyl halides is 1. The second-order valence-corrected chi connectivity index (χ2v) is 15.9. The highest BCUT2D eigenvalue weighted by Gasteiger charge is 2.69. The van der Waals surface area contributed by atoms with Crippen LogP contribution in [0.2, 0.25) is 19.6 Å². The predicted molar refractivity (Wildman–Crippen MR) is 126 cm³/mol. The van der Waals surface area contributed by atoms with Crippen LogP contribution in [0.5, 0.6) is 0 Å². The summed E-state index contributed by atoms with van der Waals surface area (Å²) in [5.74, 6) is -0.443. The van der Waals surface area contributed by atoms with Crippen molar-refractivity contribution in [3.8, 4) is 0 Å². The average Bonchev–Trinajstić information content (AvgIpc) is 3.02. The third-order valence-electron chi connectivity index (χ3n) is 8.24. The molecule has 4 aliphatic carbocycles. The topological polar surface area (TPSA) is 72.8 Å². The van der Waals surface area contributed by atoms with Crippen LogP contribution in [0.1, 0.15) is 46.5 Å². The number of hydrogen-bond donors (Lipinski definition) is 1. The quantitative estimate of drug-likeness (QED) is 0.347. The van der Waals surface area contributed by atoms with Gasteiger partial charge in [0.1, 0.15) is 12.0 Å². The molecule has 0 bridgehead atoms. The molecule has 6 atom stereocenters. The molecule has 0 heterocycles. The standard InChI is InChI=1S/C26H35FO5Si/c1-16(28)31-15-22(32-33(4,5)6)21-10-9-19-20-8-7-17-13-18(29)11-12-25(17,3)26(20,27)23(30)14-24(19,21)2/h10-13,15,19-20,23,30H,7-9,14H2,1-6H3/t19-,20-,23-,24-,25-,26-/m0/s1. The first-order valence-corrected chi connectivity index (χ1v) is 15.2. The average molecular weight is 475 g/mol. The zero-order valence-electron chi connectivity index (χ0n) is 20.4. The van der Waals surface area contributed by atoms with Crippen molar-refractivity contribution in [1.29, 1.82) is 0 Å². The number of aliphatic hydroxyl groups is 1. The maximum Gasteiger partial charge on any atom is 0.307 e. The molecule has 0 aromatic rings. The van der Waals surface area contributed by atoms with Crippen LogP contribution in [0.15, 0.2) is 47.5 Å². The molecule has 33 heavy (non-hydrogen) atoms. The molecule has 7 heteroatoms. The smallest absolute Gasteiger partial charge is 0.307 e. The van der Waals surface area contributed by atoms with E-state index in [1.165, 1.54) is 19.3 Å². The molecule has 0 spiro atoms. The van der Waals surface area contributed by atoms with Gasteiger partial charge in [0.15, 0.2) is 11.5 Å². The zero-order chi connectivity index (χ0) is 24.4. The number of esters is 1. The van der Waals surface area contributed by atoms with Gasteiger partial charge in [-0.25, -0.2) is 4.39 Å². The van der Waals surface area contributed by atoms with Crippen molar-refractivity contribution >= 4 is 20.1 Å². The van der Waals surface area contributed by atoms with Crippen molar-refractivity contribution in [3.05, 3.63) is 47.5 Å². The molecule has 0 aromatic heterocycles. The first kappa shape index (κ1) is 24.1. The summed E-state index contributed by atoms with van der Waals surface area (Å²) in [5.41, 5.74) is -1.71. The SMILES string of the molecule is CC(=O)OC=C(O[Si](C)(C)C)C1=CC[C@H]2[C@@H]3CCC4=CC(=O)C=C[C@]4(C)[C@@]3(F)[C@@H](O)C[C@]12C. The first-order valence-electron chi connectivity index (χ1n) is 11.8. The van der Waals surface area contributed by atoms with E-state index >= 15 is 4.39 Å². The molecule has 1 N–H and O–H groups in total. The van der Waals surface area contributed by atoms with Gasteiger partial charge in [0.05, 0.1) is 6.10 Å². The Hall–Kier alpha value is -1.99. The molecule has 0 amide bonds. The van der Waals surface area contributed by atoms with Crippen LogP contribution in [-0.2, 0) is 18.8 Å². The van der Waals surface area contributed by atoms with Gasteiger partial charge in [-0.3, -0.25) is 9.59 Å². The summed E-state index contributed by atoms with van der Waals surface area (Å²) in [6, 6.07) is 0. The van der Waals surface area contributed by atoms with Gasteiger partial charge in [0.25, 0.3) is 0 Å². The molecule has 0 aromatic carbocycles. The molecular weight excluding hydrogens is 439 g/mol. The number of aliphatic hydroxyl groups excluding tert-OH is 1. The summed E-state index contributed by atoms with van der Waals surface area (Å²) in [6.07, 6.45) is 9.02. The molecule has 4 aliphatic rings. The van der Waals surface area contributed by atoms with Gasteiger partial charge >= 0.3 is 5.97 Å². The molecule has 4 rings (SSSR count). The fraction of sp³-hybridized carbons (Fsp3) is 0.615. The van der Waals surface area contributed by atoms with Crippen molar-refractivity contribution in [2.75, 3.05) is 0 Å². The van der Waals surface area contributed by atoms with E-state index < -0.39 is 36.9 Å². The highest BCUT2D eigenvalue weighted by atomic mass is 28.4.